The van der Waals surface area contributed by atoms with Crippen molar-refractivity contribution in [1.29, 1.82) is 0 Å². The number of fused-ring (bicyclic) bond motifs is 3. The fourth-order valence-electron chi connectivity index (χ4n) is 1.93. The van der Waals surface area contributed by atoms with Gasteiger partial charge in [0, 0.05) is 16.3 Å². The van der Waals surface area contributed by atoms with Gasteiger partial charge in [0.05, 0.1) is 5.69 Å². The summed E-state index contributed by atoms with van der Waals surface area (Å²) in [4.78, 5) is 10.8. The first kappa shape index (κ1) is 8.97. The highest BCUT2D eigenvalue weighted by atomic mass is 16.3. The van der Waals surface area contributed by atoms with Crippen molar-refractivity contribution in [2.75, 3.05) is 5.73 Å². The van der Waals surface area contributed by atoms with E-state index in [1.54, 1.807) is 6.07 Å². The number of furan rings is 1. The smallest absolute Gasteiger partial charge is 0.159 e. The standard InChI is InChI=1S/C13H9NO2/c14-12-8(7-15)5-6-10-9-3-1-2-4-11(9)16-13(10)12/h1-7H,14H2. The van der Waals surface area contributed by atoms with Crippen LogP contribution in [0.1, 0.15) is 10.4 Å². The molecule has 1 aromatic heterocycles. The molecule has 0 atom stereocenters. The van der Waals surface area contributed by atoms with Gasteiger partial charge in [0.1, 0.15) is 5.58 Å². The predicted molar refractivity (Wildman–Crippen MR) is 63.5 cm³/mol. The minimum atomic E-state index is 0.406. The third-order valence-electron chi connectivity index (χ3n) is 2.75. The Morgan fingerprint density at radius 3 is 2.69 bits per heavy atom. The van der Waals surface area contributed by atoms with E-state index in [4.69, 9.17) is 10.2 Å². The molecule has 3 aromatic rings. The molecule has 3 heteroatoms. The number of carbonyl (C=O) groups is 1. The number of hydrogen-bond acceptors (Lipinski definition) is 3. The van der Waals surface area contributed by atoms with Crippen LogP contribution in [0.4, 0.5) is 5.69 Å². The highest BCUT2D eigenvalue weighted by Crippen LogP contribution is 2.33. The van der Waals surface area contributed by atoms with E-state index in [2.05, 4.69) is 0 Å². The van der Waals surface area contributed by atoms with E-state index in [1.165, 1.54) is 0 Å². The Morgan fingerprint density at radius 1 is 1.06 bits per heavy atom. The lowest BCUT2D eigenvalue weighted by Gasteiger charge is -1.97. The van der Waals surface area contributed by atoms with Crippen molar-refractivity contribution < 1.29 is 9.21 Å². The number of aldehydes is 1. The lowest BCUT2D eigenvalue weighted by atomic mass is 10.1. The maximum Gasteiger partial charge on any atom is 0.159 e. The molecule has 2 N–H and O–H groups in total. The summed E-state index contributed by atoms with van der Waals surface area (Å²) < 4.78 is 5.64. The van der Waals surface area contributed by atoms with Gasteiger partial charge in [-0.05, 0) is 18.2 Å². The maximum atomic E-state index is 10.8. The topological polar surface area (TPSA) is 56.2 Å². The highest BCUT2D eigenvalue weighted by Gasteiger charge is 2.11. The van der Waals surface area contributed by atoms with E-state index in [1.807, 2.05) is 30.3 Å². The van der Waals surface area contributed by atoms with Crippen molar-refractivity contribution in [2.45, 2.75) is 0 Å². The number of hydrogen-bond donors (Lipinski definition) is 1. The van der Waals surface area contributed by atoms with Crippen LogP contribution in [-0.4, -0.2) is 6.29 Å². The monoisotopic (exact) mass is 211 g/mol. The van der Waals surface area contributed by atoms with Crippen LogP contribution in [-0.2, 0) is 0 Å². The lowest BCUT2D eigenvalue weighted by molar-refractivity contribution is 0.112. The fourth-order valence-corrected chi connectivity index (χ4v) is 1.93. The number of benzene rings is 2. The summed E-state index contributed by atoms with van der Waals surface area (Å²) in [6.45, 7) is 0. The predicted octanol–water partition coefficient (Wildman–Crippen LogP) is 2.98. The summed E-state index contributed by atoms with van der Waals surface area (Å²) in [7, 11) is 0. The van der Waals surface area contributed by atoms with Crippen LogP contribution in [0, 0.1) is 0 Å². The molecule has 78 valence electrons. The maximum absolute atomic E-state index is 10.8. The van der Waals surface area contributed by atoms with E-state index < -0.39 is 0 Å². The van der Waals surface area contributed by atoms with Gasteiger partial charge in [-0.1, -0.05) is 18.2 Å². The third kappa shape index (κ3) is 1.05. The second kappa shape index (κ2) is 3.10. The second-order valence-corrected chi connectivity index (χ2v) is 3.66. The van der Waals surface area contributed by atoms with E-state index in [0.717, 1.165) is 22.6 Å². The van der Waals surface area contributed by atoms with Crippen molar-refractivity contribution in [3.05, 3.63) is 42.0 Å². The van der Waals surface area contributed by atoms with Crippen molar-refractivity contribution in [1.82, 2.24) is 0 Å². The molecule has 0 saturated carbocycles. The minimum Gasteiger partial charge on any atom is -0.454 e. The van der Waals surface area contributed by atoms with E-state index in [-0.39, 0.29) is 0 Å². The fraction of sp³-hybridized carbons (Fsp3) is 0. The van der Waals surface area contributed by atoms with Gasteiger partial charge >= 0.3 is 0 Å². The van der Waals surface area contributed by atoms with Gasteiger partial charge in [-0.2, -0.15) is 0 Å². The zero-order valence-electron chi connectivity index (χ0n) is 8.44. The molecule has 2 aromatic carbocycles. The van der Waals surface area contributed by atoms with Crippen molar-refractivity contribution in [2.24, 2.45) is 0 Å². The van der Waals surface area contributed by atoms with E-state index in [0.29, 0.717) is 16.8 Å². The van der Waals surface area contributed by atoms with Crippen molar-refractivity contribution in [3.63, 3.8) is 0 Å². The van der Waals surface area contributed by atoms with Crippen LogP contribution in [0.15, 0.2) is 40.8 Å². The first-order valence-electron chi connectivity index (χ1n) is 4.96. The summed E-state index contributed by atoms with van der Waals surface area (Å²) in [5, 5.41) is 1.96. The Bertz CT molecular complexity index is 698. The molecule has 16 heavy (non-hydrogen) atoms. The van der Waals surface area contributed by atoms with Crippen LogP contribution in [0.5, 0.6) is 0 Å². The molecular weight excluding hydrogens is 202 g/mol. The first-order valence-corrected chi connectivity index (χ1v) is 4.96. The molecule has 3 nitrogen and oxygen atoms in total. The normalized spacial score (nSPS) is 11.0. The van der Waals surface area contributed by atoms with Gasteiger partial charge in [-0.25, -0.2) is 0 Å². The quantitative estimate of drug-likeness (QED) is 0.497. The first-order chi connectivity index (χ1) is 7.81. The summed E-state index contributed by atoms with van der Waals surface area (Å²) >= 11 is 0. The number of carbonyl (C=O) groups excluding carboxylic acids is 1. The number of anilines is 1. The number of nitrogen functional groups attached to an aromatic ring is 1. The molecule has 0 aliphatic carbocycles. The van der Waals surface area contributed by atoms with Gasteiger partial charge in [0.25, 0.3) is 0 Å². The SMILES string of the molecule is Nc1c(C=O)ccc2c1oc1ccccc12. The molecule has 0 aliphatic heterocycles. The van der Waals surface area contributed by atoms with Gasteiger partial charge in [-0.3, -0.25) is 4.79 Å². The molecule has 0 fully saturated rings. The van der Waals surface area contributed by atoms with Crippen molar-refractivity contribution in [3.8, 4) is 0 Å². The summed E-state index contributed by atoms with van der Waals surface area (Å²) in [5.74, 6) is 0. The molecule has 3 rings (SSSR count). The summed E-state index contributed by atoms with van der Waals surface area (Å²) in [6.07, 6.45) is 0.738. The van der Waals surface area contributed by atoms with Gasteiger partial charge in [0.15, 0.2) is 11.9 Å². The Balaban J connectivity index is 2.54. The van der Waals surface area contributed by atoms with Crippen LogP contribution >= 0.6 is 0 Å². The molecule has 0 unspecified atom stereocenters. The van der Waals surface area contributed by atoms with Crippen LogP contribution in [0.25, 0.3) is 21.9 Å². The van der Waals surface area contributed by atoms with Gasteiger partial charge < -0.3 is 10.2 Å². The van der Waals surface area contributed by atoms with E-state index >= 15 is 0 Å². The van der Waals surface area contributed by atoms with Gasteiger partial charge in [-0.15, -0.1) is 0 Å². The molecular formula is C13H9NO2. The number of para-hydroxylation sites is 1. The molecule has 0 radical (unpaired) electrons. The Morgan fingerprint density at radius 2 is 1.88 bits per heavy atom. The number of rotatable bonds is 1. The second-order valence-electron chi connectivity index (χ2n) is 3.66. The van der Waals surface area contributed by atoms with Crippen LogP contribution in [0.2, 0.25) is 0 Å². The molecule has 0 amide bonds. The van der Waals surface area contributed by atoms with Crippen LogP contribution < -0.4 is 5.73 Å². The molecule has 0 bridgehead atoms. The lowest BCUT2D eigenvalue weighted by Crippen LogP contribution is -1.92. The Kier molecular flexibility index (Phi) is 1.74. The Labute approximate surface area is 91.5 Å². The van der Waals surface area contributed by atoms with Crippen LogP contribution in [0.3, 0.4) is 0 Å². The molecule has 0 saturated heterocycles. The molecule has 0 aliphatic rings. The third-order valence-corrected chi connectivity index (χ3v) is 2.75. The van der Waals surface area contributed by atoms with Gasteiger partial charge in [0.2, 0.25) is 0 Å². The molecule has 1 heterocycles. The van der Waals surface area contributed by atoms with Crippen molar-refractivity contribution >= 4 is 33.9 Å². The number of nitrogens with two attached hydrogens (primary N) is 1. The van der Waals surface area contributed by atoms with E-state index in [9.17, 15) is 4.79 Å². The molecule has 0 spiro atoms. The Hall–Kier alpha value is -2.29. The zero-order valence-corrected chi connectivity index (χ0v) is 8.44. The summed E-state index contributed by atoms with van der Waals surface area (Å²) in [5.41, 5.74) is 8.11. The zero-order chi connectivity index (χ0) is 11.1. The largest absolute Gasteiger partial charge is 0.454 e. The minimum absolute atomic E-state index is 0.406. The highest BCUT2D eigenvalue weighted by molar-refractivity contribution is 6.11. The average molecular weight is 211 g/mol. The average Bonchev–Trinajstić information content (AvgIpc) is 2.69. The summed E-state index contributed by atoms with van der Waals surface area (Å²) in [6, 6.07) is 11.3.